The van der Waals surface area contributed by atoms with Crippen molar-refractivity contribution >= 4 is 0 Å². The van der Waals surface area contributed by atoms with E-state index in [1.165, 1.54) is 37.7 Å². The molecule has 1 saturated heterocycles. The van der Waals surface area contributed by atoms with Crippen molar-refractivity contribution in [2.45, 2.75) is 75.3 Å². The van der Waals surface area contributed by atoms with E-state index in [9.17, 15) is 5.11 Å². The zero-order valence-corrected chi connectivity index (χ0v) is 15.2. The first-order valence-electron chi connectivity index (χ1n) is 10.5. The molecule has 2 spiro atoms. The van der Waals surface area contributed by atoms with E-state index in [0.29, 0.717) is 23.5 Å². The van der Waals surface area contributed by atoms with Crippen LogP contribution in [0.2, 0.25) is 0 Å². The van der Waals surface area contributed by atoms with Gasteiger partial charge in [0, 0.05) is 24.7 Å². The molecular formula is C22H28O4. The molecule has 4 bridgehead atoms. The van der Waals surface area contributed by atoms with Crippen LogP contribution in [0.15, 0.2) is 24.3 Å². The normalized spacial score (nSPS) is 49.3. The maximum Gasteiger partial charge on any atom is 0.210 e. The predicted molar refractivity (Wildman–Crippen MR) is 95.1 cm³/mol. The van der Waals surface area contributed by atoms with Crippen LogP contribution in [0.25, 0.3) is 0 Å². The summed E-state index contributed by atoms with van der Waals surface area (Å²) in [5.74, 6) is 2.42. The highest BCUT2D eigenvalue weighted by atomic mass is 17.3. The third kappa shape index (κ3) is 2.25. The first-order valence-corrected chi connectivity index (χ1v) is 10.5. The molecule has 2 atom stereocenters. The molecule has 6 aliphatic rings. The van der Waals surface area contributed by atoms with Gasteiger partial charge < -0.3 is 9.84 Å². The van der Waals surface area contributed by atoms with Crippen molar-refractivity contribution in [1.82, 2.24) is 0 Å². The SMILES string of the molecule is Oc1cccc(C2CCC[C@]3(C2)OOC2(O3)C3CC4CC(C3)CC2C4)c1. The standard InChI is InChI=1S/C22H28O4/c23-20-5-1-3-16(12-20)17-4-2-6-21(13-17)24-22(26-25-21)18-8-14-7-15(10-18)11-19(22)9-14/h1,3,5,12,14-15,17-19,23H,2,4,6-11,13H2/t14?,15?,17?,18?,19?,21-,22?/m1/s1. The van der Waals surface area contributed by atoms with E-state index in [1.54, 1.807) is 6.07 Å². The molecule has 26 heavy (non-hydrogen) atoms. The van der Waals surface area contributed by atoms with Crippen LogP contribution in [0.4, 0.5) is 0 Å². The molecule has 140 valence electrons. The average Bonchev–Trinajstić information content (AvgIpc) is 2.99. The summed E-state index contributed by atoms with van der Waals surface area (Å²) in [6.07, 6.45) is 10.4. The van der Waals surface area contributed by atoms with Crippen molar-refractivity contribution in [2.24, 2.45) is 23.7 Å². The fourth-order valence-electron chi connectivity index (χ4n) is 7.04. The molecule has 0 amide bonds. The zero-order valence-electron chi connectivity index (χ0n) is 15.2. The molecule has 1 heterocycles. The molecule has 5 saturated carbocycles. The molecule has 1 unspecified atom stereocenters. The summed E-state index contributed by atoms with van der Waals surface area (Å²) in [5.41, 5.74) is 1.18. The Labute approximate surface area is 154 Å². The van der Waals surface area contributed by atoms with Gasteiger partial charge in [-0.2, -0.15) is 9.78 Å². The highest BCUT2D eigenvalue weighted by Crippen LogP contribution is 2.64. The smallest absolute Gasteiger partial charge is 0.210 e. The Morgan fingerprint density at radius 3 is 2.46 bits per heavy atom. The van der Waals surface area contributed by atoms with Crippen LogP contribution in [-0.4, -0.2) is 16.7 Å². The summed E-state index contributed by atoms with van der Waals surface area (Å²) in [6, 6.07) is 7.66. The summed E-state index contributed by atoms with van der Waals surface area (Å²) < 4.78 is 6.83. The first kappa shape index (κ1) is 15.9. The largest absolute Gasteiger partial charge is 0.508 e. The Hall–Kier alpha value is -1.10. The quantitative estimate of drug-likeness (QED) is 0.729. The maximum atomic E-state index is 9.85. The molecule has 0 aromatic heterocycles. The number of aromatic hydroxyl groups is 1. The summed E-state index contributed by atoms with van der Waals surface area (Å²) in [7, 11) is 0. The number of benzene rings is 1. The average molecular weight is 356 g/mol. The van der Waals surface area contributed by atoms with Gasteiger partial charge in [-0.05, 0) is 80.4 Å². The van der Waals surface area contributed by atoms with Crippen LogP contribution in [0.3, 0.4) is 0 Å². The number of phenolic OH excluding ortho intramolecular Hbond substituents is 1. The number of rotatable bonds is 1. The van der Waals surface area contributed by atoms with Gasteiger partial charge in [-0.15, -0.1) is 0 Å². The lowest BCUT2D eigenvalue weighted by Crippen LogP contribution is -2.59. The second-order valence-electron chi connectivity index (χ2n) is 9.59. The summed E-state index contributed by atoms with van der Waals surface area (Å²) >= 11 is 0. The van der Waals surface area contributed by atoms with E-state index in [2.05, 4.69) is 6.07 Å². The number of hydrogen-bond donors (Lipinski definition) is 1. The van der Waals surface area contributed by atoms with Crippen LogP contribution in [0.1, 0.15) is 69.3 Å². The number of ether oxygens (including phenoxy) is 1. The molecule has 1 aliphatic heterocycles. The summed E-state index contributed by atoms with van der Waals surface area (Å²) in [5, 5.41) is 9.85. The van der Waals surface area contributed by atoms with E-state index in [-0.39, 0.29) is 0 Å². The van der Waals surface area contributed by atoms with E-state index < -0.39 is 11.6 Å². The molecule has 0 radical (unpaired) electrons. The number of hydrogen-bond acceptors (Lipinski definition) is 4. The van der Waals surface area contributed by atoms with Gasteiger partial charge in [0.15, 0.2) is 0 Å². The lowest BCUT2D eigenvalue weighted by atomic mass is 9.53. The van der Waals surface area contributed by atoms with Crippen LogP contribution in [0.5, 0.6) is 5.75 Å². The monoisotopic (exact) mass is 356 g/mol. The second-order valence-corrected chi connectivity index (χ2v) is 9.59. The van der Waals surface area contributed by atoms with Crippen molar-refractivity contribution in [3.05, 3.63) is 29.8 Å². The van der Waals surface area contributed by atoms with Gasteiger partial charge in [0.1, 0.15) is 5.75 Å². The van der Waals surface area contributed by atoms with E-state index in [4.69, 9.17) is 14.5 Å². The van der Waals surface area contributed by atoms with Gasteiger partial charge in [0.05, 0.1) is 0 Å². The van der Waals surface area contributed by atoms with Crippen LogP contribution < -0.4 is 0 Å². The van der Waals surface area contributed by atoms with Gasteiger partial charge >= 0.3 is 0 Å². The van der Waals surface area contributed by atoms with Crippen molar-refractivity contribution in [3.8, 4) is 5.75 Å². The van der Waals surface area contributed by atoms with E-state index >= 15 is 0 Å². The third-order valence-corrected chi connectivity index (χ3v) is 7.95. The molecule has 6 fully saturated rings. The Morgan fingerprint density at radius 1 is 0.962 bits per heavy atom. The first-order chi connectivity index (χ1) is 12.6. The Kier molecular flexibility index (Phi) is 3.34. The van der Waals surface area contributed by atoms with Gasteiger partial charge in [0.25, 0.3) is 0 Å². The molecule has 1 N–H and O–H groups in total. The third-order valence-electron chi connectivity index (χ3n) is 7.95. The molecule has 5 aliphatic carbocycles. The van der Waals surface area contributed by atoms with Crippen LogP contribution >= 0.6 is 0 Å². The lowest BCUT2D eigenvalue weighted by molar-refractivity contribution is -0.390. The van der Waals surface area contributed by atoms with Crippen LogP contribution in [0, 0.1) is 23.7 Å². The van der Waals surface area contributed by atoms with Gasteiger partial charge in [-0.1, -0.05) is 12.1 Å². The van der Waals surface area contributed by atoms with E-state index in [0.717, 1.165) is 37.5 Å². The minimum absolute atomic E-state index is 0.337. The Balaban J connectivity index is 1.26. The van der Waals surface area contributed by atoms with Crippen molar-refractivity contribution in [2.75, 3.05) is 0 Å². The highest BCUT2D eigenvalue weighted by Gasteiger charge is 2.66. The highest BCUT2D eigenvalue weighted by molar-refractivity contribution is 5.30. The zero-order chi connectivity index (χ0) is 17.4. The molecular weight excluding hydrogens is 328 g/mol. The Bertz CT molecular complexity index is 688. The van der Waals surface area contributed by atoms with Crippen molar-refractivity contribution in [1.29, 1.82) is 0 Å². The number of phenols is 1. The maximum absolute atomic E-state index is 9.85. The predicted octanol–water partition coefficient (Wildman–Crippen LogP) is 4.88. The topological polar surface area (TPSA) is 47.9 Å². The fourth-order valence-corrected chi connectivity index (χ4v) is 7.04. The van der Waals surface area contributed by atoms with Gasteiger partial charge in [0.2, 0.25) is 11.6 Å². The summed E-state index contributed by atoms with van der Waals surface area (Å²) in [4.78, 5) is 12.2. The van der Waals surface area contributed by atoms with Crippen molar-refractivity contribution in [3.63, 3.8) is 0 Å². The Morgan fingerprint density at radius 2 is 1.73 bits per heavy atom. The van der Waals surface area contributed by atoms with Crippen LogP contribution in [-0.2, 0) is 14.5 Å². The second kappa shape index (κ2) is 5.46. The fraction of sp³-hybridized carbons (Fsp3) is 0.727. The molecule has 1 aromatic rings. The molecule has 4 heteroatoms. The molecule has 7 rings (SSSR count). The van der Waals surface area contributed by atoms with Gasteiger partial charge in [-0.25, -0.2) is 0 Å². The lowest BCUT2D eigenvalue weighted by Gasteiger charge is -2.57. The minimum atomic E-state index is -0.594. The van der Waals surface area contributed by atoms with Gasteiger partial charge in [-0.3, -0.25) is 0 Å². The van der Waals surface area contributed by atoms with E-state index in [1.807, 2.05) is 12.1 Å². The minimum Gasteiger partial charge on any atom is -0.508 e. The molecule has 4 nitrogen and oxygen atoms in total. The molecule has 1 aromatic carbocycles. The summed E-state index contributed by atoms with van der Waals surface area (Å²) in [6.45, 7) is 0. The van der Waals surface area contributed by atoms with Crippen molar-refractivity contribution < 1.29 is 19.6 Å².